The lowest BCUT2D eigenvalue weighted by Crippen LogP contribution is -2.14. The lowest BCUT2D eigenvalue weighted by Gasteiger charge is -2.10. The molecule has 0 saturated heterocycles. The van der Waals surface area contributed by atoms with E-state index in [9.17, 15) is 4.79 Å². The van der Waals surface area contributed by atoms with Crippen LogP contribution in [0.3, 0.4) is 0 Å². The van der Waals surface area contributed by atoms with E-state index in [2.05, 4.69) is 27.9 Å². The quantitative estimate of drug-likeness (QED) is 0.436. The number of carbonyl (C=O) groups is 1. The zero-order valence-electron chi connectivity index (χ0n) is 14.1. The van der Waals surface area contributed by atoms with Crippen LogP contribution in [-0.2, 0) is 0 Å². The molecule has 0 atom stereocenters. The highest BCUT2D eigenvalue weighted by atomic mass is 127. The molecule has 0 bridgehead atoms. The van der Waals surface area contributed by atoms with Crippen LogP contribution in [0.2, 0.25) is 0 Å². The minimum atomic E-state index is -0.147. The van der Waals surface area contributed by atoms with Crippen molar-refractivity contribution in [3.05, 3.63) is 87.6 Å². The van der Waals surface area contributed by atoms with Gasteiger partial charge >= 0.3 is 0 Å². The number of anilines is 1. The molecule has 2 aromatic carbocycles. The van der Waals surface area contributed by atoms with Crippen LogP contribution in [0.4, 0.5) is 5.82 Å². The van der Waals surface area contributed by atoms with Crippen molar-refractivity contribution in [2.24, 2.45) is 0 Å². The lowest BCUT2D eigenvalue weighted by molar-refractivity contribution is 0.102. The van der Waals surface area contributed by atoms with Crippen molar-refractivity contribution < 1.29 is 4.79 Å². The summed E-state index contributed by atoms with van der Waals surface area (Å²) >= 11 is 2.21. The topological polar surface area (TPSA) is 46.4 Å². The SMILES string of the molecule is Cc1cccc2nc(-c3ccccc3)c(NC(=O)c3cccc(I)c3)n12. The van der Waals surface area contributed by atoms with Gasteiger partial charge in [-0.25, -0.2) is 4.98 Å². The Morgan fingerprint density at radius 3 is 2.54 bits per heavy atom. The molecular formula is C21H16IN3O. The Morgan fingerprint density at radius 2 is 1.77 bits per heavy atom. The van der Waals surface area contributed by atoms with Crippen molar-refractivity contribution in [1.82, 2.24) is 9.38 Å². The van der Waals surface area contributed by atoms with Crippen LogP contribution in [0.15, 0.2) is 72.8 Å². The number of benzene rings is 2. The highest BCUT2D eigenvalue weighted by Gasteiger charge is 2.18. The fraction of sp³-hybridized carbons (Fsp3) is 0.0476. The summed E-state index contributed by atoms with van der Waals surface area (Å²) in [7, 11) is 0. The van der Waals surface area contributed by atoms with Crippen LogP contribution < -0.4 is 5.32 Å². The molecule has 4 aromatic rings. The van der Waals surface area contributed by atoms with E-state index in [1.165, 1.54) is 0 Å². The average molecular weight is 453 g/mol. The van der Waals surface area contributed by atoms with E-state index in [0.29, 0.717) is 11.4 Å². The summed E-state index contributed by atoms with van der Waals surface area (Å²) < 4.78 is 3.00. The van der Waals surface area contributed by atoms with Crippen LogP contribution in [0, 0.1) is 10.5 Å². The van der Waals surface area contributed by atoms with Gasteiger partial charge in [0.1, 0.15) is 17.2 Å². The Hall–Kier alpha value is -2.67. The zero-order chi connectivity index (χ0) is 18.1. The molecule has 26 heavy (non-hydrogen) atoms. The van der Waals surface area contributed by atoms with Gasteiger partial charge in [0.05, 0.1) is 0 Å². The molecule has 128 valence electrons. The third-order valence-electron chi connectivity index (χ3n) is 4.20. The van der Waals surface area contributed by atoms with Gasteiger partial charge in [-0.1, -0.05) is 42.5 Å². The van der Waals surface area contributed by atoms with E-state index in [0.717, 1.165) is 26.2 Å². The summed E-state index contributed by atoms with van der Waals surface area (Å²) in [5.74, 6) is 0.541. The van der Waals surface area contributed by atoms with Crippen LogP contribution >= 0.6 is 22.6 Å². The van der Waals surface area contributed by atoms with E-state index >= 15 is 0 Å². The first-order valence-corrected chi connectivity index (χ1v) is 9.32. The zero-order valence-corrected chi connectivity index (χ0v) is 16.3. The number of nitrogens with one attached hydrogen (secondary N) is 1. The number of aryl methyl sites for hydroxylation is 1. The largest absolute Gasteiger partial charge is 0.306 e. The van der Waals surface area contributed by atoms with Gasteiger partial charge in [-0.2, -0.15) is 0 Å². The molecule has 0 aliphatic rings. The Kier molecular flexibility index (Phi) is 4.46. The van der Waals surface area contributed by atoms with E-state index < -0.39 is 0 Å². The Bertz CT molecular complexity index is 1100. The van der Waals surface area contributed by atoms with Gasteiger partial charge in [-0.15, -0.1) is 0 Å². The summed E-state index contributed by atoms with van der Waals surface area (Å²) in [6.45, 7) is 2.00. The molecule has 2 aromatic heterocycles. The highest BCUT2D eigenvalue weighted by molar-refractivity contribution is 14.1. The molecular weight excluding hydrogens is 437 g/mol. The molecule has 0 saturated carbocycles. The highest BCUT2D eigenvalue weighted by Crippen LogP contribution is 2.30. The van der Waals surface area contributed by atoms with Gasteiger partial charge in [0, 0.05) is 20.4 Å². The number of hydrogen-bond donors (Lipinski definition) is 1. The first kappa shape index (κ1) is 16.8. The molecule has 2 heterocycles. The molecule has 4 rings (SSSR count). The molecule has 0 aliphatic heterocycles. The molecule has 0 unspecified atom stereocenters. The number of carbonyl (C=O) groups excluding carboxylic acids is 1. The molecule has 0 spiro atoms. The maximum atomic E-state index is 12.8. The van der Waals surface area contributed by atoms with Crippen molar-refractivity contribution in [2.75, 3.05) is 5.32 Å². The van der Waals surface area contributed by atoms with Crippen LogP contribution in [0.5, 0.6) is 0 Å². The van der Waals surface area contributed by atoms with Crippen LogP contribution in [0.1, 0.15) is 16.1 Å². The maximum absolute atomic E-state index is 12.8. The van der Waals surface area contributed by atoms with Crippen molar-refractivity contribution in [3.8, 4) is 11.3 Å². The lowest BCUT2D eigenvalue weighted by atomic mass is 10.1. The van der Waals surface area contributed by atoms with E-state index in [4.69, 9.17) is 4.98 Å². The Morgan fingerprint density at radius 1 is 1.00 bits per heavy atom. The summed E-state index contributed by atoms with van der Waals surface area (Å²) in [4.78, 5) is 17.6. The molecule has 0 radical (unpaired) electrons. The first-order chi connectivity index (χ1) is 12.6. The second kappa shape index (κ2) is 6.92. The Balaban J connectivity index is 1.86. The first-order valence-electron chi connectivity index (χ1n) is 8.24. The molecule has 1 N–H and O–H groups in total. The third-order valence-corrected chi connectivity index (χ3v) is 4.88. The fourth-order valence-electron chi connectivity index (χ4n) is 2.98. The standard InChI is InChI=1S/C21H16IN3O/c1-14-7-5-12-18-23-19(15-8-3-2-4-9-15)20(25(14)18)24-21(26)16-10-6-11-17(22)13-16/h2-13H,1H3,(H,24,26). The molecule has 4 nitrogen and oxygen atoms in total. The second-order valence-corrected chi connectivity index (χ2v) is 7.25. The van der Waals surface area contributed by atoms with Crippen LogP contribution in [0.25, 0.3) is 16.9 Å². The van der Waals surface area contributed by atoms with Gasteiger partial charge in [-0.3, -0.25) is 9.20 Å². The molecule has 0 aliphatic carbocycles. The number of amides is 1. The van der Waals surface area contributed by atoms with Crippen molar-refractivity contribution in [3.63, 3.8) is 0 Å². The van der Waals surface area contributed by atoms with Crippen LogP contribution in [-0.4, -0.2) is 15.3 Å². The van der Waals surface area contributed by atoms with Gasteiger partial charge < -0.3 is 5.32 Å². The smallest absolute Gasteiger partial charge is 0.256 e. The van der Waals surface area contributed by atoms with Gasteiger partial charge in [0.15, 0.2) is 0 Å². The minimum absolute atomic E-state index is 0.147. The monoisotopic (exact) mass is 453 g/mol. The molecule has 5 heteroatoms. The van der Waals surface area contributed by atoms with Crippen molar-refractivity contribution in [2.45, 2.75) is 6.92 Å². The summed E-state index contributed by atoms with van der Waals surface area (Å²) in [6.07, 6.45) is 0. The summed E-state index contributed by atoms with van der Waals surface area (Å²) in [5, 5.41) is 3.07. The molecule has 1 amide bonds. The summed E-state index contributed by atoms with van der Waals surface area (Å²) in [5.41, 5.74) is 4.17. The minimum Gasteiger partial charge on any atom is -0.306 e. The van der Waals surface area contributed by atoms with Crippen molar-refractivity contribution in [1.29, 1.82) is 0 Å². The summed E-state index contributed by atoms with van der Waals surface area (Å²) in [6, 6.07) is 23.4. The van der Waals surface area contributed by atoms with E-state index in [-0.39, 0.29) is 5.91 Å². The van der Waals surface area contributed by atoms with E-state index in [1.54, 1.807) is 0 Å². The number of halogens is 1. The number of imidazole rings is 1. The van der Waals surface area contributed by atoms with Gasteiger partial charge in [-0.05, 0) is 59.8 Å². The predicted octanol–water partition coefficient (Wildman–Crippen LogP) is 5.17. The number of aromatic nitrogens is 2. The number of rotatable bonds is 3. The predicted molar refractivity (Wildman–Crippen MR) is 112 cm³/mol. The van der Waals surface area contributed by atoms with Gasteiger partial charge in [0.2, 0.25) is 0 Å². The van der Waals surface area contributed by atoms with Gasteiger partial charge in [0.25, 0.3) is 5.91 Å². The third kappa shape index (κ3) is 3.10. The number of pyridine rings is 1. The van der Waals surface area contributed by atoms with Crippen molar-refractivity contribution >= 4 is 40.0 Å². The molecule has 0 fully saturated rings. The number of fused-ring (bicyclic) bond motifs is 1. The normalized spacial score (nSPS) is 10.8. The second-order valence-electron chi connectivity index (χ2n) is 6.00. The average Bonchev–Trinajstić information content (AvgIpc) is 3.02. The number of nitrogens with zero attached hydrogens (tertiary/aromatic N) is 2. The Labute approximate surface area is 165 Å². The fourth-order valence-corrected chi connectivity index (χ4v) is 3.52. The van der Waals surface area contributed by atoms with E-state index in [1.807, 2.05) is 84.1 Å². The number of hydrogen-bond acceptors (Lipinski definition) is 2. The maximum Gasteiger partial charge on any atom is 0.256 e.